The molecule has 0 N–H and O–H groups in total. The smallest absolute Gasteiger partial charge is 0.332 e. The summed E-state index contributed by atoms with van der Waals surface area (Å²) < 4.78 is 40.7. The van der Waals surface area contributed by atoms with Crippen molar-refractivity contribution in [1.29, 1.82) is 0 Å². The van der Waals surface area contributed by atoms with E-state index in [2.05, 4.69) is 10.3 Å². The highest BCUT2D eigenvalue weighted by atomic mass is 19.4. The molecule has 0 unspecified atom stereocenters. The summed E-state index contributed by atoms with van der Waals surface area (Å²) in [6, 6.07) is 14.6. The van der Waals surface area contributed by atoms with Crippen molar-refractivity contribution in [1.82, 2.24) is 24.8 Å². The average Bonchev–Trinajstić information content (AvgIpc) is 3.19. The molecule has 0 bridgehead atoms. The maximum absolute atomic E-state index is 13.1. The van der Waals surface area contributed by atoms with E-state index < -0.39 is 11.7 Å². The number of carbonyl (C=O) groups excluding carboxylic acids is 1. The van der Waals surface area contributed by atoms with Gasteiger partial charge in [-0.3, -0.25) is 4.79 Å². The molecule has 0 saturated heterocycles. The lowest BCUT2D eigenvalue weighted by atomic mass is 10.1. The van der Waals surface area contributed by atoms with Crippen LogP contribution in [0.15, 0.2) is 60.8 Å². The Kier molecular flexibility index (Phi) is 7.06. The highest BCUT2D eigenvalue weighted by Gasteiger charge is 2.30. The summed E-state index contributed by atoms with van der Waals surface area (Å²) in [5, 5.41) is 8.01. The number of alkyl halides is 3. The van der Waals surface area contributed by atoms with Crippen molar-refractivity contribution in [2.75, 3.05) is 27.2 Å². The molecule has 0 spiro atoms. The van der Waals surface area contributed by atoms with Crippen molar-refractivity contribution >= 4 is 5.91 Å². The molecule has 164 valence electrons. The normalized spacial score (nSPS) is 11.7. The molecule has 1 heterocycles. The van der Waals surface area contributed by atoms with Gasteiger partial charge in [-0.25, -0.2) is 4.68 Å². The maximum atomic E-state index is 13.1. The van der Waals surface area contributed by atoms with Crippen LogP contribution in [0.2, 0.25) is 0 Å². The summed E-state index contributed by atoms with van der Waals surface area (Å²) in [5.74, 6) is -0.376. The van der Waals surface area contributed by atoms with Crippen molar-refractivity contribution in [2.24, 2.45) is 0 Å². The molecule has 0 aliphatic carbocycles. The van der Waals surface area contributed by atoms with Crippen LogP contribution in [0.4, 0.5) is 13.2 Å². The second kappa shape index (κ2) is 9.74. The second-order valence-corrected chi connectivity index (χ2v) is 7.52. The number of halogens is 3. The van der Waals surface area contributed by atoms with Gasteiger partial charge >= 0.3 is 6.18 Å². The molecular formula is C22H24F3N5O. The summed E-state index contributed by atoms with van der Waals surface area (Å²) >= 11 is 0. The van der Waals surface area contributed by atoms with Gasteiger partial charge in [-0.05, 0) is 37.4 Å². The van der Waals surface area contributed by atoms with Gasteiger partial charge in [0.25, 0.3) is 5.91 Å². The van der Waals surface area contributed by atoms with Gasteiger partial charge in [-0.2, -0.15) is 13.2 Å². The molecule has 31 heavy (non-hydrogen) atoms. The van der Waals surface area contributed by atoms with Crippen molar-refractivity contribution in [3.05, 3.63) is 83.2 Å². The van der Waals surface area contributed by atoms with Crippen LogP contribution in [0.3, 0.4) is 0 Å². The predicted molar refractivity (Wildman–Crippen MR) is 110 cm³/mol. The zero-order valence-electron chi connectivity index (χ0n) is 17.4. The first kappa shape index (κ1) is 22.5. The molecule has 0 saturated carbocycles. The molecule has 1 amide bonds. The van der Waals surface area contributed by atoms with Crippen LogP contribution in [0.1, 0.15) is 27.2 Å². The molecule has 0 aliphatic heterocycles. The average molecular weight is 431 g/mol. The van der Waals surface area contributed by atoms with E-state index in [4.69, 9.17) is 0 Å². The van der Waals surface area contributed by atoms with Crippen molar-refractivity contribution in [2.45, 2.75) is 19.3 Å². The Morgan fingerprint density at radius 1 is 1.00 bits per heavy atom. The minimum atomic E-state index is -4.44. The molecular weight excluding hydrogens is 407 g/mol. The SMILES string of the molecule is CN(C)CCN(Cc1cccc(C(F)(F)F)c1)C(=O)c1cn(Cc2ccccc2)nn1. The van der Waals surface area contributed by atoms with E-state index >= 15 is 0 Å². The first-order chi connectivity index (χ1) is 14.7. The van der Waals surface area contributed by atoms with E-state index in [1.54, 1.807) is 16.9 Å². The van der Waals surface area contributed by atoms with E-state index in [9.17, 15) is 18.0 Å². The lowest BCUT2D eigenvalue weighted by Crippen LogP contribution is -2.36. The third-order valence-electron chi connectivity index (χ3n) is 4.68. The topological polar surface area (TPSA) is 54.3 Å². The van der Waals surface area contributed by atoms with Gasteiger partial charge < -0.3 is 9.80 Å². The Hall–Kier alpha value is -3.20. The van der Waals surface area contributed by atoms with Gasteiger partial charge in [-0.15, -0.1) is 5.10 Å². The van der Waals surface area contributed by atoms with Crippen LogP contribution < -0.4 is 0 Å². The number of amides is 1. The Bertz CT molecular complexity index is 1000. The fraction of sp³-hybridized carbons (Fsp3) is 0.318. The molecule has 9 heteroatoms. The number of aromatic nitrogens is 3. The molecule has 2 aromatic carbocycles. The third-order valence-corrected chi connectivity index (χ3v) is 4.68. The standard InChI is InChI=1S/C22H24F3N5O/c1-28(2)11-12-29(14-18-9-6-10-19(13-18)22(23,24)25)21(31)20-16-30(27-26-20)15-17-7-4-3-5-8-17/h3-10,13,16H,11-12,14-15H2,1-2H3. The van der Waals surface area contributed by atoms with E-state index in [1.165, 1.54) is 11.0 Å². The zero-order valence-corrected chi connectivity index (χ0v) is 17.4. The number of hydrogen-bond donors (Lipinski definition) is 0. The van der Waals surface area contributed by atoms with Crippen LogP contribution in [-0.4, -0.2) is 57.9 Å². The second-order valence-electron chi connectivity index (χ2n) is 7.52. The largest absolute Gasteiger partial charge is 0.416 e. The summed E-state index contributed by atoms with van der Waals surface area (Å²) in [4.78, 5) is 16.5. The van der Waals surface area contributed by atoms with Crippen molar-refractivity contribution in [3.8, 4) is 0 Å². The Balaban J connectivity index is 1.78. The number of nitrogens with zero attached hydrogens (tertiary/aromatic N) is 5. The van der Waals surface area contributed by atoms with Crippen LogP contribution >= 0.6 is 0 Å². The minimum absolute atomic E-state index is 0.0438. The lowest BCUT2D eigenvalue weighted by Gasteiger charge is -2.24. The highest BCUT2D eigenvalue weighted by molar-refractivity contribution is 5.91. The van der Waals surface area contributed by atoms with Gasteiger partial charge in [-0.1, -0.05) is 47.7 Å². The van der Waals surface area contributed by atoms with Crippen molar-refractivity contribution < 1.29 is 18.0 Å². The molecule has 0 fully saturated rings. The third kappa shape index (κ3) is 6.39. The van der Waals surface area contributed by atoms with E-state index in [1.807, 2.05) is 49.3 Å². The van der Waals surface area contributed by atoms with Gasteiger partial charge in [0.2, 0.25) is 0 Å². The summed E-state index contributed by atoms with van der Waals surface area (Å²) in [6.07, 6.45) is -2.88. The summed E-state index contributed by atoms with van der Waals surface area (Å²) in [5.41, 5.74) is 0.832. The van der Waals surface area contributed by atoms with Crippen molar-refractivity contribution in [3.63, 3.8) is 0 Å². The van der Waals surface area contributed by atoms with E-state index in [-0.39, 0.29) is 18.1 Å². The van der Waals surface area contributed by atoms with Crippen LogP contribution in [0.5, 0.6) is 0 Å². The zero-order chi connectivity index (χ0) is 22.4. The fourth-order valence-corrected chi connectivity index (χ4v) is 3.05. The molecule has 6 nitrogen and oxygen atoms in total. The molecule has 0 atom stereocenters. The predicted octanol–water partition coefficient (Wildman–Crippen LogP) is 3.55. The maximum Gasteiger partial charge on any atom is 0.416 e. The molecule has 3 aromatic rings. The Morgan fingerprint density at radius 2 is 1.71 bits per heavy atom. The number of hydrogen-bond acceptors (Lipinski definition) is 4. The van der Waals surface area contributed by atoms with Gasteiger partial charge in [0.1, 0.15) is 0 Å². The van der Waals surface area contributed by atoms with E-state index in [0.29, 0.717) is 25.2 Å². The number of carbonyl (C=O) groups is 1. The molecule has 0 aliphatic rings. The molecule has 3 rings (SSSR count). The lowest BCUT2D eigenvalue weighted by molar-refractivity contribution is -0.137. The van der Waals surface area contributed by atoms with Crippen LogP contribution in [0, 0.1) is 0 Å². The first-order valence-electron chi connectivity index (χ1n) is 9.76. The summed E-state index contributed by atoms with van der Waals surface area (Å²) in [6.45, 7) is 1.41. The number of rotatable bonds is 8. The Morgan fingerprint density at radius 3 is 2.39 bits per heavy atom. The van der Waals surface area contributed by atoms with Gasteiger partial charge in [0.15, 0.2) is 5.69 Å². The highest BCUT2D eigenvalue weighted by Crippen LogP contribution is 2.29. The summed E-state index contributed by atoms with van der Waals surface area (Å²) in [7, 11) is 3.73. The van der Waals surface area contributed by atoms with E-state index in [0.717, 1.165) is 17.7 Å². The Labute approximate surface area is 178 Å². The van der Waals surface area contributed by atoms with Crippen LogP contribution in [0.25, 0.3) is 0 Å². The monoisotopic (exact) mass is 431 g/mol. The minimum Gasteiger partial charge on any atom is -0.332 e. The number of likely N-dealkylation sites (N-methyl/N-ethyl adjacent to an activating group) is 1. The van der Waals surface area contributed by atoms with Gasteiger partial charge in [0, 0.05) is 19.6 Å². The van der Waals surface area contributed by atoms with Gasteiger partial charge in [0.05, 0.1) is 18.3 Å². The molecule has 0 radical (unpaired) electrons. The fourth-order valence-electron chi connectivity index (χ4n) is 3.05. The molecule has 1 aromatic heterocycles. The van der Waals surface area contributed by atoms with Crippen LogP contribution in [-0.2, 0) is 19.3 Å². The number of benzene rings is 2. The first-order valence-corrected chi connectivity index (χ1v) is 9.76. The quantitative estimate of drug-likeness (QED) is 0.548.